The van der Waals surface area contributed by atoms with Crippen molar-refractivity contribution in [3.63, 3.8) is 0 Å². The minimum atomic E-state index is -1.64. The standard InChI is InChI=1S/C20H23F3N2O2/c21-14-1-2-15(19(23)18(14)22)25-17(27)10-24-16(26)9-20-6-11-3-12(7-20)5-13(4-11)8-20/h1-2,11-13H,3-10H2,(H,24,26)(H,25,27). The third-order valence-corrected chi connectivity index (χ3v) is 6.46. The van der Waals surface area contributed by atoms with E-state index in [9.17, 15) is 22.8 Å². The van der Waals surface area contributed by atoms with E-state index >= 15 is 0 Å². The smallest absolute Gasteiger partial charge is 0.243 e. The highest BCUT2D eigenvalue weighted by atomic mass is 19.2. The van der Waals surface area contributed by atoms with Crippen molar-refractivity contribution in [1.82, 2.24) is 5.32 Å². The molecule has 1 aromatic rings. The van der Waals surface area contributed by atoms with Gasteiger partial charge in [-0.3, -0.25) is 9.59 Å². The number of halogens is 3. The molecule has 1 aromatic carbocycles. The molecule has 4 fully saturated rings. The van der Waals surface area contributed by atoms with Gasteiger partial charge in [0.05, 0.1) is 12.2 Å². The zero-order chi connectivity index (χ0) is 19.2. The van der Waals surface area contributed by atoms with Gasteiger partial charge in [-0.25, -0.2) is 13.2 Å². The molecule has 0 atom stereocenters. The van der Waals surface area contributed by atoms with E-state index in [1.807, 2.05) is 0 Å². The van der Waals surface area contributed by atoms with Gasteiger partial charge in [-0.15, -0.1) is 0 Å². The zero-order valence-electron chi connectivity index (χ0n) is 15.0. The summed E-state index contributed by atoms with van der Waals surface area (Å²) in [5, 5.41) is 4.74. The van der Waals surface area contributed by atoms with E-state index in [1.54, 1.807) is 0 Å². The lowest BCUT2D eigenvalue weighted by Gasteiger charge is -2.56. The second kappa shape index (κ2) is 6.84. The van der Waals surface area contributed by atoms with E-state index in [-0.39, 0.29) is 17.9 Å². The van der Waals surface area contributed by atoms with Crippen LogP contribution in [0.2, 0.25) is 0 Å². The Kier molecular flexibility index (Phi) is 4.64. The Balaban J connectivity index is 1.29. The molecule has 27 heavy (non-hydrogen) atoms. The molecule has 2 amide bonds. The maximum absolute atomic E-state index is 13.6. The number of amides is 2. The molecule has 4 bridgehead atoms. The number of nitrogens with one attached hydrogen (secondary N) is 2. The monoisotopic (exact) mass is 380 g/mol. The van der Waals surface area contributed by atoms with Crippen molar-refractivity contribution in [2.24, 2.45) is 23.2 Å². The summed E-state index contributed by atoms with van der Waals surface area (Å²) in [5.74, 6) is -3.07. The first-order chi connectivity index (χ1) is 12.8. The zero-order valence-corrected chi connectivity index (χ0v) is 15.0. The van der Waals surface area contributed by atoms with Crippen molar-refractivity contribution in [1.29, 1.82) is 0 Å². The van der Waals surface area contributed by atoms with E-state index < -0.39 is 29.0 Å². The molecule has 0 radical (unpaired) electrons. The van der Waals surface area contributed by atoms with Crippen LogP contribution in [0.25, 0.3) is 0 Å². The molecular formula is C20H23F3N2O2. The van der Waals surface area contributed by atoms with Crippen LogP contribution in [0, 0.1) is 40.6 Å². The minimum absolute atomic E-state index is 0.0709. The molecule has 0 aliphatic heterocycles. The number of benzene rings is 1. The largest absolute Gasteiger partial charge is 0.347 e. The fourth-order valence-corrected chi connectivity index (χ4v) is 5.91. The molecule has 0 heterocycles. The van der Waals surface area contributed by atoms with Crippen molar-refractivity contribution in [3.8, 4) is 0 Å². The third kappa shape index (κ3) is 3.69. The van der Waals surface area contributed by atoms with E-state index in [0.29, 0.717) is 6.42 Å². The van der Waals surface area contributed by atoms with Crippen LogP contribution in [0.3, 0.4) is 0 Å². The summed E-state index contributed by atoms with van der Waals surface area (Å²) in [6.07, 6.45) is 7.59. The Bertz CT molecular complexity index is 745. The van der Waals surface area contributed by atoms with E-state index in [2.05, 4.69) is 10.6 Å². The van der Waals surface area contributed by atoms with Crippen LogP contribution in [-0.4, -0.2) is 18.4 Å². The Morgan fingerprint density at radius 1 is 0.926 bits per heavy atom. The first-order valence-electron chi connectivity index (χ1n) is 9.53. The van der Waals surface area contributed by atoms with Crippen LogP contribution in [-0.2, 0) is 9.59 Å². The average molecular weight is 380 g/mol. The maximum atomic E-state index is 13.6. The lowest BCUT2D eigenvalue weighted by atomic mass is 9.49. The summed E-state index contributed by atoms with van der Waals surface area (Å²) in [6, 6.07) is 1.68. The van der Waals surface area contributed by atoms with Crippen molar-refractivity contribution in [2.75, 3.05) is 11.9 Å². The van der Waals surface area contributed by atoms with Gasteiger partial charge in [-0.1, -0.05) is 0 Å². The first-order valence-corrected chi connectivity index (χ1v) is 9.53. The fraction of sp³-hybridized carbons (Fsp3) is 0.600. The molecule has 0 saturated heterocycles. The number of carbonyl (C=O) groups is 2. The summed E-state index contributed by atoms with van der Waals surface area (Å²) in [6.45, 7) is -0.330. The Morgan fingerprint density at radius 2 is 1.52 bits per heavy atom. The predicted octanol–water partition coefficient (Wildman–Crippen LogP) is 3.77. The Morgan fingerprint density at radius 3 is 2.11 bits per heavy atom. The molecular weight excluding hydrogens is 357 g/mol. The second-order valence-electron chi connectivity index (χ2n) is 8.64. The Labute approximate surface area is 155 Å². The molecule has 0 unspecified atom stereocenters. The summed E-state index contributed by atoms with van der Waals surface area (Å²) in [4.78, 5) is 24.3. The van der Waals surface area contributed by atoms with Crippen LogP contribution in [0.5, 0.6) is 0 Å². The lowest BCUT2D eigenvalue weighted by molar-refractivity contribution is -0.131. The second-order valence-corrected chi connectivity index (χ2v) is 8.64. The first kappa shape index (κ1) is 18.3. The number of carbonyl (C=O) groups excluding carboxylic acids is 2. The lowest BCUT2D eigenvalue weighted by Crippen LogP contribution is -2.48. The highest BCUT2D eigenvalue weighted by Crippen LogP contribution is 2.61. The third-order valence-electron chi connectivity index (χ3n) is 6.46. The maximum Gasteiger partial charge on any atom is 0.243 e. The fourth-order valence-electron chi connectivity index (χ4n) is 5.91. The normalized spacial score (nSPS) is 31.0. The summed E-state index contributed by atoms with van der Waals surface area (Å²) >= 11 is 0. The molecule has 4 saturated carbocycles. The average Bonchev–Trinajstić information content (AvgIpc) is 2.59. The van der Waals surface area contributed by atoms with Gasteiger partial charge >= 0.3 is 0 Å². The molecule has 7 heteroatoms. The number of hydrogen-bond acceptors (Lipinski definition) is 2. The van der Waals surface area contributed by atoms with Crippen LogP contribution >= 0.6 is 0 Å². The van der Waals surface area contributed by atoms with E-state index in [1.165, 1.54) is 19.3 Å². The van der Waals surface area contributed by atoms with Crippen LogP contribution in [0.4, 0.5) is 18.9 Å². The van der Waals surface area contributed by atoms with Crippen LogP contribution < -0.4 is 10.6 Å². The minimum Gasteiger partial charge on any atom is -0.347 e. The molecule has 0 spiro atoms. The van der Waals surface area contributed by atoms with Crippen LogP contribution in [0.15, 0.2) is 12.1 Å². The van der Waals surface area contributed by atoms with Crippen molar-refractivity contribution in [3.05, 3.63) is 29.6 Å². The molecule has 0 aromatic heterocycles. The molecule has 4 aliphatic rings. The van der Waals surface area contributed by atoms with Gasteiger partial charge in [0.25, 0.3) is 0 Å². The number of hydrogen-bond donors (Lipinski definition) is 2. The predicted molar refractivity (Wildman–Crippen MR) is 93.2 cm³/mol. The van der Waals surface area contributed by atoms with Gasteiger partial charge in [0.2, 0.25) is 11.8 Å². The van der Waals surface area contributed by atoms with Gasteiger partial charge in [-0.2, -0.15) is 0 Å². The molecule has 4 nitrogen and oxygen atoms in total. The van der Waals surface area contributed by atoms with Crippen molar-refractivity contribution in [2.45, 2.75) is 44.9 Å². The number of anilines is 1. The van der Waals surface area contributed by atoms with Gasteiger partial charge in [0, 0.05) is 6.42 Å². The van der Waals surface area contributed by atoms with E-state index in [0.717, 1.165) is 49.1 Å². The summed E-state index contributed by atoms with van der Waals surface area (Å²) < 4.78 is 39.7. The van der Waals surface area contributed by atoms with Gasteiger partial charge in [0.15, 0.2) is 17.5 Å². The highest BCUT2D eigenvalue weighted by Gasteiger charge is 2.51. The van der Waals surface area contributed by atoms with Crippen molar-refractivity contribution < 1.29 is 22.8 Å². The number of rotatable bonds is 5. The van der Waals surface area contributed by atoms with Gasteiger partial charge < -0.3 is 10.6 Å². The molecule has 4 aliphatic carbocycles. The SMILES string of the molecule is O=C(CC12CC3CC(CC(C3)C1)C2)NCC(=O)Nc1ccc(F)c(F)c1F. The molecule has 2 N–H and O–H groups in total. The summed E-state index contributed by atoms with van der Waals surface area (Å²) in [5.41, 5.74) is -0.379. The van der Waals surface area contributed by atoms with E-state index in [4.69, 9.17) is 0 Å². The van der Waals surface area contributed by atoms with Gasteiger partial charge in [0.1, 0.15) is 0 Å². The quantitative estimate of drug-likeness (QED) is 0.764. The topological polar surface area (TPSA) is 58.2 Å². The van der Waals surface area contributed by atoms with Gasteiger partial charge in [-0.05, 0) is 73.8 Å². The Hall–Kier alpha value is -2.05. The summed E-state index contributed by atoms with van der Waals surface area (Å²) in [7, 11) is 0. The molecule has 146 valence electrons. The van der Waals surface area contributed by atoms with Crippen molar-refractivity contribution >= 4 is 17.5 Å². The highest BCUT2D eigenvalue weighted by molar-refractivity contribution is 5.94. The van der Waals surface area contributed by atoms with Crippen LogP contribution in [0.1, 0.15) is 44.9 Å². The molecule has 5 rings (SSSR count).